The minimum absolute atomic E-state index is 0.0132. The van der Waals surface area contributed by atoms with Gasteiger partial charge in [0.25, 0.3) is 5.91 Å². The molecule has 0 spiro atoms. The van der Waals surface area contributed by atoms with E-state index in [1.807, 2.05) is 0 Å². The molecule has 0 bridgehead atoms. The molecule has 0 aromatic heterocycles. The van der Waals surface area contributed by atoms with E-state index in [4.69, 9.17) is 9.57 Å². The van der Waals surface area contributed by atoms with Gasteiger partial charge in [-0.05, 0) is 6.42 Å². The molecule has 0 aromatic carbocycles. The lowest BCUT2D eigenvalue weighted by molar-refractivity contribution is -0.131. The Morgan fingerprint density at radius 2 is 2.54 bits per heavy atom. The van der Waals surface area contributed by atoms with Crippen molar-refractivity contribution < 1.29 is 14.4 Å². The van der Waals surface area contributed by atoms with E-state index in [-0.39, 0.29) is 12.0 Å². The van der Waals surface area contributed by atoms with E-state index in [1.54, 1.807) is 13.3 Å². The predicted octanol–water partition coefficient (Wildman–Crippen LogP) is -0.444. The Kier molecular flexibility index (Phi) is 4.28. The standard InChI is InChI=1S/C8H14N2O3/c1-12-7-2-4-9-5-3-8(11)10-13-6-7/h3,5,7,9H,2,4,6H2,1H3,(H,10,11)/b5-3-. The number of rotatable bonds is 1. The van der Waals surface area contributed by atoms with E-state index in [0.29, 0.717) is 6.61 Å². The third-order valence-corrected chi connectivity index (χ3v) is 1.74. The molecule has 1 heterocycles. The molecule has 1 amide bonds. The molecule has 1 aliphatic heterocycles. The lowest BCUT2D eigenvalue weighted by atomic mass is 10.2. The lowest BCUT2D eigenvalue weighted by Crippen LogP contribution is -2.31. The van der Waals surface area contributed by atoms with E-state index in [0.717, 1.165) is 13.0 Å². The Bertz CT molecular complexity index is 194. The van der Waals surface area contributed by atoms with Gasteiger partial charge in [-0.3, -0.25) is 9.63 Å². The second kappa shape index (κ2) is 5.55. The minimum atomic E-state index is -0.274. The van der Waals surface area contributed by atoms with Gasteiger partial charge in [0, 0.05) is 25.9 Å². The average Bonchev–Trinajstić information content (AvgIpc) is 2.15. The van der Waals surface area contributed by atoms with Gasteiger partial charge in [-0.1, -0.05) is 0 Å². The number of carbonyl (C=O) groups excluding carboxylic acids is 1. The van der Waals surface area contributed by atoms with Crippen molar-refractivity contribution in [1.29, 1.82) is 0 Å². The molecule has 1 atom stereocenters. The van der Waals surface area contributed by atoms with Gasteiger partial charge in [-0.2, -0.15) is 0 Å². The molecular weight excluding hydrogens is 172 g/mol. The second-order valence-electron chi connectivity index (χ2n) is 2.71. The number of methoxy groups -OCH3 is 1. The van der Waals surface area contributed by atoms with Crippen molar-refractivity contribution >= 4 is 5.91 Å². The SMILES string of the molecule is COC1CCN/C=C\C(=O)NOC1. The highest BCUT2D eigenvalue weighted by molar-refractivity contribution is 5.86. The number of ether oxygens (including phenoxy) is 1. The van der Waals surface area contributed by atoms with Gasteiger partial charge in [0.15, 0.2) is 0 Å². The zero-order chi connectivity index (χ0) is 9.52. The van der Waals surface area contributed by atoms with Crippen LogP contribution in [0.15, 0.2) is 12.3 Å². The van der Waals surface area contributed by atoms with E-state index < -0.39 is 0 Å². The van der Waals surface area contributed by atoms with Gasteiger partial charge in [0.2, 0.25) is 0 Å². The van der Waals surface area contributed by atoms with Gasteiger partial charge >= 0.3 is 0 Å². The lowest BCUT2D eigenvalue weighted by Gasteiger charge is -2.16. The maximum atomic E-state index is 10.9. The first kappa shape index (κ1) is 10.0. The summed E-state index contributed by atoms with van der Waals surface area (Å²) in [5.74, 6) is -0.274. The molecule has 5 heteroatoms. The molecular formula is C8H14N2O3. The van der Waals surface area contributed by atoms with E-state index in [9.17, 15) is 4.79 Å². The Labute approximate surface area is 77.0 Å². The summed E-state index contributed by atoms with van der Waals surface area (Å²) in [5.41, 5.74) is 2.27. The number of carbonyl (C=O) groups is 1. The molecule has 1 unspecified atom stereocenters. The zero-order valence-electron chi connectivity index (χ0n) is 7.58. The molecule has 0 fully saturated rings. The van der Waals surface area contributed by atoms with Crippen LogP contribution in [0.4, 0.5) is 0 Å². The Morgan fingerprint density at radius 1 is 1.69 bits per heavy atom. The molecule has 0 aliphatic carbocycles. The third kappa shape index (κ3) is 3.91. The van der Waals surface area contributed by atoms with Crippen LogP contribution in [0.5, 0.6) is 0 Å². The van der Waals surface area contributed by atoms with Crippen molar-refractivity contribution in [3.8, 4) is 0 Å². The molecule has 5 nitrogen and oxygen atoms in total. The first-order valence-electron chi connectivity index (χ1n) is 4.17. The van der Waals surface area contributed by atoms with Crippen LogP contribution in [0, 0.1) is 0 Å². The smallest absolute Gasteiger partial charge is 0.268 e. The molecule has 0 radical (unpaired) electrons. The highest BCUT2D eigenvalue weighted by Gasteiger charge is 2.08. The van der Waals surface area contributed by atoms with Crippen LogP contribution >= 0.6 is 0 Å². The van der Waals surface area contributed by atoms with Crippen molar-refractivity contribution in [1.82, 2.24) is 10.8 Å². The number of hydrogen-bond acceptors (Lipinski definition) is 4. The van der Waals surface area contributed by atoms with Crippen LogP contribution < -0.4 is 10.8 Å². The molecule has 2 N–H and O–H groups in total. The molecule has 0 aromatic rings. The van der Waals surface area contributed by atoms with Gasteiger partial charge in [-0.25, -0.2) is 5.48 Å². The molecule has 0 saturated carbocycles. The van der Waals surface area contributed by atoms with E-state index >= 15 is 0 Å². The first-order chi connectivity index (χ1) is 6.33. The Morgan fingerprint density at radius 3 is 3.31 bits per heavy atom. The zero-order valence-corrected chi connectivity index (χ0v) is 7.58. The summed E-state index contributed by atoms with van der Waals surface area (Å²) in [5, 5.41) is 2.97. The highest BCUT2D eigenvalue weighted by atomic mass is 16.7. The van der Waals surface area contributed by atoms with Crippen LogP contribution in [0.25, 0.3) is 0 Å². The van der Waals surface area contributed by atoms with Crippen LogP contribution in [0.3, 0.4) is 0 Å². The topological polar surface area (TPSA) is 59.6 Å². The highest BCUT2D eigenvalue weighted by Crippen LogP contribution is 1.96. The van der Waals surface area contributed by atoms with Gasteiger partial charge < -0.3 is 10.1 Å². The fraction of sp³-hybridized carbons (Fsp3) is 0.625. The van der Waals surface area contributed by atoms with Crippen LogP contribution in [0.1, 0.15) is 6.42 Å². The Balaban J connectivity index is 2.40. The summed E-state index contributed by atoms with van der Waals surface area (Å²) >= 11 is 0. The van der Waals surface area contributed by atoms with Crippen molar-refractivity contribution in [3.63, 3.8) is 0 Å². The van der Waals surface area contributed by atoms with E-state index in [2.05, 4.69) is 10.8 Å². The van der Waals surface area contributed by atoms with Crippen molar-refractivity contribution in [2.75, 3.05) is 20.3 Å². The molecule has 1 rings (SSSR count). The summed E-state index contributed by atoms with van der Waals surface area (Å²) < 4.78 is 5.12. The first-order valence-corrected chi connectivity index (χ1v) is 4.17. The normalized spacial score (nSPS) is 27.2. The summed E-state index contributed by atoms with van der Waals surface area (Å²) in [4.78, 5) is 15.8. The molecule has 1 aliphatic rings. The van der Waals surface area contributed by atoms with Gasteiger partial charge in [0.1, 0.15) is 6.61 Å². The molecule has 74 valence electrons. The fourth-order valence-corrected chi connectivity index (χ4v) is 0.971. The summed E-state index contributed by atoms with van der Waals surface area (Å²) in [6.45, 7) is 1.14. The quantitative estimate of drug-likeness (QED) is 0.582. The third-order valence-electron chi connectivity index (χ3n) is 1.74. The average molecular weight is 186 g/mol. The van der Waals surface area contributed by atoms with Crippen molar-refractivity contribution in [2.45, 2.75) is 12.5 Å². The predicted molar refractivity (Wildman–Crippen MR) is 46.7 cm³/mol. The van der Waals surface area contributed by atoms with Crippen LogP contribution in [-0.2, 0) is 14.4 Å². The van der Waals surface area contributed by atoms with Crippen LogP contribution in [0.2, 0.25) is 0 Å². The maximum Gasteiger partial charge on any atom is 0.268 e. The van der Waals surface area contributed by atoms with E-state index in [1.165, 1.54) is 6.08 Å². The molecule has 13 heavy (non-hydrogen) atoms. The summed E-state index contributed by atoms with van der Waals surface area (Å²) in [7, 11) is 1.62. The summed E-state index contributed by atoms with van der Waals surface area (Å²) in [6, 6.07) is 0. The van der Waals surface area contributed by atoms with Crippen molar-refractivity contribution in [3.05, 3.63) is 12.3 Å². The second-order valence-corrected chi connectivity index (χ2v) is 2.71. The van der Waals surface area contributed by atoms with Gasteiger partial charge in [-0.15, -0.1) is 0 Å². The minimum Gasteiger partial charge on any atom is -0.391 e. The Hall–Kier alpha value is -1.07. The number of amides is 1. The monoisotopic (exact) mass is 186 g/mol. The number of nitrogens with one attached hydrogen (secondary N) is 2. The maximum absolute atomic E-state index is 10.9. The fourth-order valence-electron chi connectivity index (χ4n) is 0.971. The summed E-state index contributed by atoms with van der Waals surface area (Å²) in [6.07, 6.45) is 3.83. The molecule has 0 saturated heterocycles. The number of hydroxylamine groups is 1. The van der Waals surface area contributed by atoms with Gasteiger partial charge in [0.05, 0.1) is 6.10 Å². The van der Waals surface area contributed by atoms with Crippen LogP contribution in [-0.4, -0.2) is 32.3 Å². The van der Waals surface area contributed by atoms with Crippen molar-refractivity contribution in [2.24, 2.45) is 0 Å². The largest absolute Gasteiger partial charge is 0.391 e. The number of hydrogen-bond donors (Lipinski definition) is 2.